The topological polar surface area (TPSA) is 21.3 Å². The lowest BCUT2D eigenvalue weighted by Gasteiger charge is -2.17. The molecular weight excluding hydrogens is 289 g/mol. The molecule has 0 fully saturated rings. The second kappa shape index (κ2) is 8.01. The molecule has 0 saturated heterocycles. The summed E-state index contributed by atoms with van der Waals surface area (Å²) in [6, 6.07) is 15.4. The lowest BCUT2D eigenvalue weighted by molar-refractivity contribution is 0.382. The Balaban J connectivity index is 1.97. The molecule has 0 aliphatic rings. The summed E-state index contributed by atoms with van der Waals surface area (Å²) in [6.07, 6.45) is 0.815. The van der Waals surface area contributed by atoms with E-state index in [2.05, 4.69) is 17.4 Å². The molecule has 1 N–H and O–H groups in total. The maximum absolute atomic E-state index is 14.1. The van der Waals surface area contributed by atoms with Crippen molar-refractivity contribution in [3.63, 3.8) is 0 Å². The van der Waals surface area contributed by atoms with Gasteiger partial charge >= 0.3 is 0 Å². The Labute approximate surface area is 129 Å². The van der Waals surface area contributed by atoms with Gasteiger partial charge in [0.1, 0.15) is 0 Å². The van der Waals surface area contributed by atoms with Crippen LogP contribution in [0, 0.1) is 5.82 Å². The van der Waals surface area contributed by atoms with E-state index in [1.807, 2.05) is 18.2 Å². The van der Waals surface area contributed by atoms with Crippen LogP contribution >= 0.6 is 11.6 Å². The van der Waals surface area contributed by atoms with Crippen molar-refractivity contribution in [3.8, 4) is 5.75 Å². The first kappa shape index (κ1) is 15.8. The fourth-order valence-electron chi connectivity index (χ4n) is 2.18. The summed E-state index contributed by atoms with van der Waals surface area (Å²) in [5, 5.41) is 3.30. The summed E-state index contributed by atoms with van der Waals surface area (Å²) in [5.41, 5.74) is 1.79. The van der Waals surface area contributed by atoms with Crippen LogP contribution in [0.25, 0.3) is 0 Å². The van der Waals surface area contributed by atoms with E-state index in [-0.39, 0.29) is 17.6 Å². The summed E-state index contributed by atoms with van der Waals surface area (Å²) in [6.45, 7) is 0.424. The van der Waals surface area contributed by atoms with E-state index in [1.54, 1.807) is 18.2 Å². The first-order valence-electron chi connectivity index (χ1n) is 6.89. The number of methoxy groups -OCH3 is 1. The average Bonchev–Trinajstić information content (AvgIpc) is 2.53. The molecule has 4 heteroatoms. The van der Waals surface area contributed by atoms with Crippen LogP contribution in [0.15, 0.2) is 48.5 Å². The zero-order chi connectivity index (χ0) is 15.1. The average molecular weight is 308 g/mol. The Kier molecular flexibility index (Phi) is 6.03. The highest BCUT2D eigenvalue weighted by atomic mass is 35.5. The molecule has 2 aromatic carbocycles. The van der Waals surface area contributed by atoms with Crippen LogP contribution in [0.2, 0.25) is 0 Å². The van der Waals surface area contributed by atoms with Crippen molar-refractivity contribution >= 4 is 11.6 Å². The van der Waals surface area contributed by atoms with Crippen LogP contribution in [0.4, 0.5) is 4.39 Å². The minimum atomic E-state index is -0.319. The normalized spacial score (nSPS) is 12.1. The molecule has 0 saturated carbocycles. The highest BCUT2D eigenvalue weighted by Gasteiger charge is 2.12. The third-order valence-corrected chi connectivity index (χ3v) is 3.73. The molecule has 0 heterocycles. The predicted molar refractivity (Wildman–Crippen MR) is 84.4 cm³/mol. The largest absolute Gasteiger partial charge is 0.494 e. The summed E-state index contributed by atoms with van der Waals surface area (Å²) >= 11 is 6.00. The smallest absolute Gasteiger partial charge is 0.169 e. The molecule has 0 amide bonds. The number of hydrogen-bond donors (Lipinski definition) is 1. The molecule has 2 aromatic rings. The summed E-state index contributed by atoms with van der Waals surface area (Å²) < 4.78 is 19.0. The van der Waals surface area contributed by atoms with Crippen molar-refractivity contribution in [2.75, 3.05) is 13.0 Å². The van der Waals surface area contributed by atoms with Crippen molar-refractivity contribution in [1.29, 1.82) is 0 Å². The first-order chi connectivity index (χ1) is 10.2. The molecule has 112 valence electrons. The number of hydrogen-bond acceptors (Lipinski definition) is 2. The fourth-order valence-corrected chi connectivity index (χ4v) is 2.40. The van der Waals surface area contributed by atoms with E-state index in [0.29, 0.717) is 18.0 Å². The van der Waals surface area contributed by atoms with Gasteiger partial charge in [-0.3, -0.25) is 0 Å². The maximum Gasteiger partial charge on any atom is 0.169 e. The standard InChI is InChI=1S/C17H19ClFNO/c1-21-16-9-5-8-14(17(16)19)12-20-15(11-18)10-13-6-3-2-4-7-13/h2-9,15,20H,10-12H2,1H3. The molecule has 1 atom stereocenters. The van der Waals surface area contributed by atoms with Gasteiger partial charge in [0.15, 0.2) is 11.6 Å². The third kappa shape index (κ3) is 4.45. The highest BCUT2D eigenvalue weighted by Crippen LogP contribution is 2.20. The second-order valence-corrected chi connectivity index (χ2v) is 5.16. The summed E-state index contributed by atoms with van der Waals surface area (Å²) in [7, 11) is 1.46. The van der Waals surface area contributed by atoms with Gasteiger partial charge in [-0.1, -0.05) is 42.5 Å². The van der Waals surface area contributed by atoms with Gasteiger partial charge in [-0.05, 0) is 18.1 Å². The van der Waals surface area contributed by atoms with Gasteiger partial charge in [0.2, 0.25) is 0 Å². The van der Waals surface area contributed by atoms with Gasteiger partial charge in [-0.2, -0.15) is 0 Å². The number of ether oxygens (including phenoxy) is 1. The molecular formula is C17H19ClFNO. The maximum atomic E-state index is 14.1. The highest BCUT2D eigenvalue weighted by molar-refractivity contribution is 6.18. The number of benzene rings is 2. The fraction of sp³-hybridized carbons (Fsp3) is 0.294. The summed E-state index contributed by atoms with van der Waals surface area (Å²) in [4.78, 5) is 0. The molecule has 1 unspecified atom stereocenters. The van der Waals surface area contributed by atoms with E-state index in [4.69, 9.17) is 16.3 Å². The van der Waals surface area contributed by atoms with Crippen LogP contribution < -0.4 is 10.1 Å². The Bertz CT molecular complexity index is 562. The van der Waals surface area contributed by atoms with Gasteiger partial charge in [-0.15, -0.1) is 11.6 Å². The molecule has 0 aliphatic heterocycles. The van der Waals surface area contributed by atoms with Gasteiger partial charge in [0, 0.05) is 24.0 Å². The van der Waals surface area contributed by atoms with E-state index < -0.39 is 0 Å². The monoisotopic (exact) mass is 307 g/mol. The van der Waals surface area contributed by atoms with Gasteiger partial charge in [0.25, 0.3) is 0 Å². The lowest BCUT2D eigenvalue weighted by atomic mass is 10.1. The SMILES string of the molecule is COc1cccc(CNC(CCl)Cc2ccccc2)c1F. The van der Waals surface area contributed by atoms with Crippen molar-refractivity contribution in [2.45, 2.75) is 19.0 Å². The first-order valence-corrected chi connectivity index (χ1v) is 7.42. The Morgan fingerprint density at radius 1 is 1.14 bits per heavy atom. The Morgan fingerprint density at radius 2 is 1.90 bits per heavy atom. The number of halogens is 2. The zero-order valence-corrected chi connectivity index (χ0v) is 12.7. The van der Waals surface area contributed by atoms with E-state index in [9.17, 15) is 4.39 Å². The zero-order valence-electron chi connectivity index (χ0n) is 12.0. The molecule has 0 bridgehead atoms. The van der Waals surface area contributed by atoms with E-state index in [0.717, 1.165) is 6.42 Å². The second-order valence-electron chi connectivity index (χ2n) is 4.86. The van der Waals surface area contributed by atoms with Gasteiger partial charge in [0.05, 0.1) is 7.11 Å². The van der Waals surface area contributed by atoms with Gasteiger partial charge in [-0.25, -0.2) is 4.39 Å². The minimum Gasteiger partial charge on any atom is -0.494 e. The van der Waals surface area contributed by atoms with Crippen LogP contribution in [0.1, 0.15) is 11.1 Å². The quantitative estimate of drug-likeness (QED) is 0.786. The van der Waals surface area contributed by atoms with Crippen LogP contribution in [-0.2, 0) is 13.0 Å². The summed E-state index contributed by atoms with van der Waals surface area (Å²) in [5.74, 6) is 0.417. The van der Waals surface area contributed by atoms with Crippen LogP contribution in [0.3, 0.4) is 0 Å². The lowest BCUT2D eigenvalue weighted by Crippen LogP contribution is -2.32. The predicted octanol–water partition coefficient (Wildman–Crippen LogP) is 3.77. The molecule has 0 radical (unpaired) electrons. The van der Waals surface area contributed by atoms with Crippen molar-refractivity contribution in [3.05, 3.63) is 65.5 Å². The van der Waals surface area contributed by atoms with Crippen molar-refractivity contribution in [2.24, 2.45) is 0 Å². The van der Waals surface area contributed by atoms with E-state index in [1.165, 1.54) is 12.7 Å². The van der Waals surface area contributed by atoms with E-state index >= 15 is 0 Å². The molecule has 2 rings (SSSR count). The minimum absolute atomic E-state index is 0.0969. The van der Waals surface area contributed by atoms with Crippen molar-refractivity contribution in [1.82, 2.24) is 5.32 Å². The van der Waals surface area contributed by atoms with Crippen LogP contribution in [0.5, 0.6) is 5.75 Å². The number of alkyl halides is 1. The molecule has 0 aliphatic carbocycles. The van der Waals surface area contributed by atoms with Gasteiger partial charge < -0.3 is 10.1 Å². The number of nitrogens with one attached hydrogen (secondary N) is 1. The number of rotatable bonds is 7. The Hall–Kier alpha value is -1.58. The molecule has 2 nitrogen and oxygen atoms in total. The van der Waals surface area contributed by atoms with Crippen LogP contribution in [-0.4, -0.2) is 19.0 Å². The molecule has 0 spiro atoms. The molecule has 0 aromatic heterocycles. The Morgan fingerprint density at radius 3 is 2.57 bits per heavy atom. The molecule has 21 heavy (non-hydrogen) atoms. The van der Waals surface area contributed by atoms with Crippen molar-refractivity contribution < 1.29 is 9.13 Å². The third-order valence-electron chi connectivity index (χ3n) is 3.36.